The average Bonchev–Trinajstić information content (AvgIpc) is 3.07. The van der Waals surface area contributed by atoms with Gasteiger partial charge in [0.1, 0.15) is 0 Å². The van der Waals surface area contributed by atoms with E-state index < -0.39 is 0 Å². The quantitative estimate of drug-likeness (QED) is 0.442. The lowest BCUT2D eigenvalue weighted by Crippen LogP contribution is -2.48. The van der Waals surface area contributed by atoms with Crippen molar-refractivity contribution in [1.82, 2.24) is 0 Å². The molecule has 2 fully saturated rings. The summed E-state index contributed by atoms with van der Waals surface area (Å²) in [6, 6.07) is 0. The molecule has 0 aromatic rings. The van der Waals surface area contributed by atoms with Crippen LogP contribution in [0.15, 0.2) is 35.5 Å². The van der Waals surface area contributed by atoms with Gasteiger partial charge in [0, 0.05) is 17.4 Å². The Labute approximate surface area is 189 Å². The number of rotatable bonds is 5. The van der Waals surface area contributed by atoms with Crippen molar-refractivity contribution in [2.24, 2.45) is 46.3 Å². The molecule has 2 heteroatoms. The van der Waals surface area contributed by atoms with Gasteiger partial charge >= 0.3 is 0 Å². The Morgan fingerprint density at radius 2 is 1.74 bits per heavy atom. The van der Waals surface area contributed by atoms with Crippen LogP contribution in [0.4, 0.5) is 0 Å². The zero-order chi connectivity index (χ0) is 22.6. The summed E-state index contributed by atoms with van der Waals surface area (Å²) in [7, 11) is 0. The van der Waals surface area contributed by atoms with Crippen molar-refractivity contribution >= 4 is 11.6 Å². The number of hydrogen-bond donors (Lipinski definition) is 0. The first-order valence-electron chi connectivity index (χ1n) is 12.8. The number of hydrogen-bond acceptors (Lipinski definition) is 2. The molecule has 0 bridgehead atoms. The highest BCUT2D eigenvalue weighted by Crippen LogP contribution is 2.65. The lowest BCUT2D eigenvalue weighted by molar-refractivity contribution is -0.119. The van der Waals surface area contributed by atoms with Crippen LogP contribution in [-0.4, -0.2) is 11.6 Å². The van der Waals surface area contributed by atoms with E-state index in [4.69, 9.17) is 0 Å². The Morgan fingerprint density at radius 1 is 1.00 bits per heavy atom. The van der Waals surface area contributed by atoms with Gasteiger partial charge < -0.3 is 0 Å². The summed E-state index contributed by atoms with van der Waals surface area (Å²) in [5, 5.41) is 0. The Kier molecular flexibility index (Phi) is 5.99. The van der Waals surface area contributed by atoms with Crippen molar-refractivity contribution in [2.45, 2.75) is 86.5 Å². The molecule has 0 heterocycles. The van der Waals surface area contributed by atoms with Crippen molar-refractivity contribution < 1.29 is 9.59 Å². The van der Waals surface area contributed by atoms with Gasteiger partial charge in [0.15, 0.2) is 11.6 Å². The fourth-order valence-corrected chi connectivity index (χ4v) is 7.93. The minimum atomic E-state index is -0.133. The van der Waals surface area contributed by atoms with E-state index in [0.29, 0.717) is 41.9 Å². The number of ketones is 2. The SMILES string of the molecule is CCC(C=CC(C)C1CCC2C3=CC(=O)C4=CC(=O)CCC4(C)C3CCC21C)C(C)C. The summed E-state index contributed by atoms with van der Waals surface area (Å²) < 4.78 is 0. The van der Waals surface area contributed by atoms with E-state index in [1.165, 1.54) is 31.3 Å². The molecular formula is C29H42O2. The molecule has 2 nitrogen and oxygen atoms in total. The molecule has 0 aliphatic heterocycles. The highest BCUT2D eigenvalue weighted by Gasteiger charge is 2.58. The van der Waals surface area contributed by atoms with Crippen LogP contribution in [0, 0.1) is 46.3 Å². The summed E-state index contributed by atoms with van der Waals surface area (Å²) in [5.74, 6) is 3.85. The molecule has 2 saturated carbocycles. The normalized spacial score (nSPS) is 39.6. The Bertz CT molecular complexity index is 843. The third-order valence-electron chi connectivity index (χ3n) is 9.95. The Hall–Kier alpha value is -1.44. The van der Waals surface area contributed by atoms with E-state index in [2.05, 4.69) is 53.7 Å². The van der Waals surface area contributed by atoms with Crippen LogP contribution in [0.1, 0.15) is 86.5 Å². The predicted molar refractivity (Wildman–Crippen MR) is 127 cm³/mol. The predicted octanol–water partition coefficient (Wildman–Crippen LogP) is 7.11. The maximum Gasteiger partial charge on any atom is 0.182 e. The van der Waals surface area contributed by atoms with Crippen LogP contribution in [0.2, 0.25) is 0 Å². The minimum Gasteiger partial charge on any atom is -0.295 e. The molecule has 0 aromatic heterocycles. The Balaban J connectivity index is 1.61. The van der Waals surface area contributed by atoms with Gasteiger partial charge in [-0.1, -0.05) is 59.3 Å². The maximum atomic E-state index is 13.1. The third-order valence-corrected chi connectivity index (χ3v) is 9.95. The first-order valence-corrected chi connectivity index (χ1v) is 12.8. The van der Waals surface area contributed by atoms with E-state index in [9.17, 15) is 9.59 Å². The summed E-state index contributed by atoms with van der Waals surface area (Å²) in [5.41, 5.74) is 2.38. The smallest absolute Gasteiger partial charge is 0.182 e. The molecule has 4 aliphatic rings. The summed E-state index contributed by atoms with van der Waals surface area (Å²) in [6.45, 7) is 14.1. The van der Waals surface area contributed by atoms with Crippen LogP contribution in [-0.2, 0) is 9.59 Å². The fraction of sp³-hybridized carbons (Fsp3) is 0.724. The van der Waals surface area contributed by atoms with Crippen molar-refractivity contribution in [1.29, 1.82) is 0 Å². The Morgan fingerprint density at radius 3 is 2.42 bits per heavy atom. The van der Waals surface area contributed by atoms with Crippen molar-refractivity contribution in [3.8, 4) is 0 Å². The van der Waals surface area contributed by atoms with Gasteiger partial charge in [-0.3, -0.25) is 9.59 Å². The van der Waals surface area contributed by atoms with E-state index in [1.807, 2.05) is 6.08 Å². The molecule has 0 aromatic carbocycles. The maximum absolute atomic E-state index is 13.1. The monoisotopic (exact) mass is 422 g/mol. The second kappa shape index (κ2) is 8.16. The average molecular weight is 423 g/mol. The van der Waals surface area contributed by atoms with Crippen LogP contribution in [0.3, 0.4) is 0 Å². The second-order valence-electron chi connectivity index (χ2n) is 11.8. The molecule has 0 amide bonds. The van der Waals surface area contributed by atoms with Gasteiger partial charge in [0.05, 0.1) is 0 Å². The number of carbonyl (C=O) groups is 2. The largest absolute Gasteiger partial charge is 0.295 e. The highest BCUT2D eigenvalue weighted by atomic mass is 16.1. The van der Waals surface area contributed by atoms with Crippen molar-refractivity contribution in [2.75, 3.05) is 0 Å². The molecule has 4 aliphatic carbocycles. The molecule has 4 rings (SSSR count). The van der Waals surface area contributed by atoms with Gasteiger partial charge in [-0.15, -0.1) is 0 Å². The van der Waals surface area contributed by atoms with E-state index in [-0.39, 0.29) is 22.4 Å². The third kappa shape index (κ3) is 3.62. The van der Waals surface area contributed by atoms with Crippen LogP contribution < -0.4 is 0 Å². The molecule has 170 valence electrons. The molecule has 0 saturated heterocycles. The van der Waals surface area contributed by atoms with Crippen LogP contribution >= 0.6 is 0 Å². The van der Waals surface area contributed by atoms with Gasteiger partial charge in [-0.05, 0) is 91.6 Å². The molecular weight excluding hydrogens is 380 g/mol. The summed E-state index contributed by atoms with van der Waals surface area (Å²) >= 11 is 0. The summed E-state index contributed by atoms with van der Waals surface area (Å²) in [4.78, 5) is 25.1. The van der Waals surface area contributed by atoms with Crippen molar-refractivity contribution in [3.05, 3.63) is 35.5 Å². The number of fused-ring (bicyclic) bond motifs is 5. The number of carbonyl (C=O) groups excluding carboxylic acids is 2. The minimum absolute atomic E-state index is 0.116. The molecule has 0 N–H and O–H groups in total. The summed E-state index contributed by atoms with van der Waals surface area (Å²) in [6.07, 6.45) is 16.2. The molecule has 7 atom stereocenters. The first kappa shape index (κ1) is 22.7. The zero-order valence-electron chi connectivity index (χ0n) is 20.5. The van der Waals surface area contributed by atoms with Gasteiger partial charge in [-0.25, -0.2) is 0 Å². The standard InChI is InChI=1S/C29H42O2/c1-7-20(18(2)3)9-8-19(4)23-10-11-24-22-17-27(31)26-16-21(30)12-14-29(26,6)25(22)13-15-28(23,24)5/h8-9,16-20,23-25H,7,10-15H2,1-6H3. The molecule has 7 unspecified atom stereocenters. The highest BCUT2D eigenvalue weighted by molar-refractivity contribution is 6.11. The fourth-order valence-electron chi connectivity index (χ4n) is 7.93. The van der Waals surface area contributed by atoms with Crippen LogP contribution in [0.5, 0.6) is 0 Å². The van der Waals surface area contributed by atoms with E-state index >= 15 is 0 Å². The lowest BCUT2D eigenvalue weighted by Gasteiger charge is -2.54. The lowest BCUT2D eigenvalue weighted by atomic mass is 9.49. The first-order chi connectivity index (χ1) is 14.6. The number of allylic oxidation sites excluding steroid dienone is 6. The zero-order valence-corrected chi connectivity index (χ0v) is 20.5. The molecule has 31 heavy (non-hydrogen) atoms. The van der Waals surface area contributed by atoms with Gasteiger partial charge in [0.2, 0.25) is 0 Å². The van der Waals surface area contributed by atoms with Gasteiger partial charge in [-0.2, -0.15) is 0 Å². The topological polar surface area (TPSA) is 34.1 Å². The van der Waals surface area contributed by atoms with E-state index in [1.54, 1.807) is 6.08 Å². The van der Waals surface area contributed by atoms with Gasteiger partial charge in [0.25, 0.3) is 0 Å². The van der Waals surface area contributed by atoms with Crippen molar-refractivity contribution in [3.63, 3.8) is 0 Å². The molecule has 0 radical (unpaired) electrons. The molecule has 0 spiro atoms. The van der Waals surface area contributed by atoms with Crippen LogP contribution in [0.25, 0.3) is 0 Å². The second-order valence-corrected chi connectivity index (χ2v) is 11.8. The van der Waals surface area contributed by atoms with E-state index in [0.717, 1.165) is 18.4 Å².